The maximum absolute atomic E-state index is 8.67. The van der Waals surface area contributed by atoms with E-state index in [9.17, 15) is 0 Å². The fraction of sp³-hybridized carbons (Fsp3) is 0.300. The van der Waals surface area contributed by atoms with Crippen molar-refractivity contribution in [1.29, 1.82) is 5.26 Å². The Kier molecular flexibility index (Phi) is 3.16. The Hall–Kier alpha value is -1.49. The van der Waals surface area contributed by atoms with E-state index in [0.29, 0.717) is 17.9 Å². The molecule has 0 N–H and O–H groups in total. The van der Waals surface area contributed by atoms with E-state index in [0.717, 1.165) is 6.42 Å². The first kappa shape index (κ1) is 8.61. The highest BCUT2D eigenvalue weighted by atomic mass is 16.5. The molecular formula is C10H10NO. The minimum Gasteiger partial charge on any atom is -0.492 e. The summed E-state index contributed by atoms with van der Waals surface area (Å²) in [6, 6.07) is 10.0. The van der Waals surface area contributed by atoms with E-state index in [1.807, 2.05) is 13.0 Å². The van der Waals surface area contributed by atoms with Crippen LogP contribution in [0.25, 0.3) is 0 Å². The molecule has 0 bridgehead atoms. The molecule has 0 heterocycles. The predicted octanol–water partition coefficient (Wildman–Crippen LogP) is 2.15. The minimum absolute atomic E-state index is 0.547. The molecule has 0 aliphatic heterocycles. The maximum atomic E-state index is 8.67. The Morgan fingerprint density at radius 1 is 1.67 bits per heavy atom. The average molecular weight is 160 g/mol. The normalized spacial score (nSPS) is 9.00. The molecule has 0 saturated heterocycles. The second kappa shape index (κ2) is 4.40. The van der Waals surface area contributed by atoms with Crippen molar-refractivity contribution in [3.8, 4) is 11.8 Å². The van der Waals surface area contributed by atoms with Gasteiger partial charge in [-0.15, -0.1) is 0 Å². The van der Waals surface area contributed by atoms with Crippen LogP contribution in [0.15, 0.2) is 18.2 Å². The quantitative estimate of drug-likeness (QED) is 0.678. The highest BCUT2D eigenvalue weighted by Crippen LogP contribution is 2.15. The lowest BCUT2D eigenvalue weighted by Crippen LogP contribution is -1.96. The molecule has 1 aromatic rings. The summed E-state index contributed by atoms with van der Waals surface area (Å²) in [6.07, 6.45) is 0.948. The van der Waals surface area contributed by atoms with Crippen molar-refractivity contribution in [3.63, 3.8) is 0 Å². The first-order valence-electron chi connectivity index (χ1n) is 3.91. The van der Waals surface area contributed by atoms with E-state index in [1.165, 1.54) is 0 Å². The Labute approximate surface area is 72.4 Å². The predicted molar refractivity (Wildman–Crippen MR) is 45.8 cm³/mol. The van der Waals surface area contributed by atoms with Crippen LogP contribution in [0.2, 0.25) is 0 Å². The van der Waals surface area contributed by atoms with Crippen LogP contribution in [-0.2, 0) is 0 Å². The highest BCUT2D eigenvalue weighted by molar-refractivity contribution is 5.41. The second-order valence-corrected chi connectivity index (χ2v) is 2.38. The molecule has 0 aliphatic rings. The summed E-state index contributed by atoms with van der Waals surface area (Å²) in [4.78, 5) is 0. The number of nitrogens with zero attached hydrogens (tertiary/aromatic N) is 1. The number of hydrogen-bond donors (Lipinski definition) is 0. The van der Waals surface area contributed by atoms with Gasteiger partial charge in [-0.2, -0.15) is 5.26 Å². The summed E-state index contributed by atoms with van der Waals surface area (Å²) in [5.74, 6) is 0.651. The van der Waals surface area contributed by atoms with E-state index in [2.05, 4.69) is 6.07 Å². The van der Waals surface area contributed by atoms with E-state index in [1.54, 1.807) is 18.2 Å². The summed E-state index contributed by atoms with van der Waals surface area (Å²) in [7, 11) is 0. The Morgan fingerprint density at radius 3 is 3.17 bits per heavy atom. The van der Waals surface area contributed by atoms with Gasteiger partial charge in [0.2, 0.25) is 0 Å². The van der Waals surface area contributed by atoms with Gasteiger partial charge in [0.15, 0.2) is 0 Å². The largest absolute Gasteiger partial charge is 0.492 e. The van der Waals surface area contributed by atoms with Gasteiger partial charge in [0.05, 0.1) is 12.2 Å². The molecule has 0 aromatic heterocycles. The number of benzene rings is 1. The zero-order chi connectivity index (χ0) is 8.81. The third kappa shape index (κ3) is 2.00. The molecule has 2 nitrogen and oxygen atoms in total. The van der Waals surface area contributed by atoms with E-state index < -0.39 is 0 Å². The number of rotatable bonds is 3. The fourth-order valence-corrected chi connectivity index (χ4v) is 0.841. The van der Waals surface area contributed by atoms with Gasteiger partial charge in [-0.3, -0.25) is 0 Å². The first-order chi connectivity index (χ1) is 5.88. The second-order valence-electron chi connectivity index (χ2n) is 2.38. The van der Waals surface area contributed by atoms with Gasteiger partial charge in [-0.1, -0.05) is 13.0 Å². The molecule has 12 heavy (non-hydrogen) atoms. The molecule has 61 valence electrons. The molecule has 0 spiro atoms. The van der Waals surface area contributed by atoms with Crippen LogP contribution in [0.1, 0.15) is 18.9 Å². The van der Waals surface area contributed by atoms with Crippen molar-refractivity contribution in [2.75, 3.05) is 6.61 Å². The third-order valence-corrected chi connectivity index (χ3v) is 1.41. The molecule has 0 atom stereocenters. The zero-order valence-electron chi connectivity index (χ0n) is 7.00. The summed E-state index contributed by atoms with van der Waals surface area (Å²) in [5.41, 5.74) is 0.547. The van der Waals surface area contributed by atoms with Crippen LogP contribution >= 0.6 is 0 Å². The third-order valence-electron chi connectivity index (χ3n) is 1.41. The average Bonchev–Trinajstić information content (AvgIpc) is 2.15. The maximum Gasteiger partial charge on any atom is 0.137 e. The van der Waals surface area contributed by atoms with Crippen molar-refractivity contribution in [3.05, 3.63) is 29.8 Å². The van der Waals surface area contributed by atoms with Crippen molar-refractivity contribution < 1.29 is 4.74 Å². The van der Waals surface area contributed by atoms with Crippen molar-refractivity contribution in [2.45, 2.75) is 13.3 Å². The molecule has 0 aliphatic carbocycles. The summed E-state index contributed by atoms with van der Waals surface area (Å²) in [5, 5.41) is 8.67. The lowest BCUT2D eigenvalue weighted by molar-refractivity contribution is 0.316. The van der Waals surface area contributed by atoms with Gasteiger partial charge in [-0.05, 0) is 24.6 Å². The fourth-order valence-electron chi connectivity index (χ4n) is 0.841. The molecule has 0 fully saturated rings. The van der Waals surface area contributed by atoms with E-state index in [-0.39, 0.29) is 0 Å². The molecule has 1 rings (SSSR count). The number of hydrogen-bond acceptors (Lipinski definition) is 2. The van der Waals surface area contributed by atoms with Gasteiger partial charge in [-0.25, -0.2) is 0 Å². The van der Waals surface area contributed by atoms with E-state index in [4.69, 9.17) is 10.00 Å². The summed E-state index contributed by atoms with van der Waals surface area (Å²) < 4.78 is 5.33. The molecule has 1 aromatic carbocycles. The zero-order valence-corrected chi connectivity index (χ0v) is 7.00. The Morgan fingerprint density at radius 2 is 2.50 bits per heavy atom. The molecule has 1 radical (unpaired) electrons. The molecule has 0 unspecified atom stereocenters. The van der Waals surface area contributed by atoms with Crippen molar-refractivity contribution >= 4 is 0 Å². The lowest BCUT2D eigenvalue weighted by atomic mass is 10.2. The van der Waals surface area contributed by atoms with Gasteiger partial charge >= 0.3 is 0 Å². The van der Waals surface area contributed by atoms with E-state index >= 15 is 0 Å². The standard InChI is InChI=1S/C10H10NO/c1-2-7-12-10-6-4-3-5-9(10)8-11/h4-6H,2,7H2,1H3. The van der Waals surface area contributed by atoms with Crippen LogP contribution in [-0.4, -0.2) is 6.61 Å². The minimum atomic E-state index is 0.547. The van der Waals surface area contributed by atoms with Crippen LogP contribution in [0.4, 0.5) is 0 Å². The van der Waals surface area contributed by atoms with Gasteiger partial charge in [0.25, 0.3) is 0 Å². The van der Waals surface area contributed by atoms with Crippen LogP contribution in [0.3, 0.4) is 0 Å². The Bertz CT molecular complexity index is 288. The first-order valence-corrected chi connectivity index (χ1v) is 3.91. The molecular weight excluding hydrogens is 150 g/mol. The topological polar surface area (TPSA) is 33.0 Å². The SMILES string of the molecule is CCCOc1cc[c]cc1C#N. The van der Waals surface area contributed by atoms with Gasteiger partial charge < -0.3 is 4.74 Å². The number of nitriles is 1. The van der Waals surface area contributed by atoms with Crippen LogP contribution in [0.5, 0.6) is 5.75 Å². The molecule has 0 amide bonds. The van der Waals surface area contributed by atoms with Crippen LogP contribution in [0, 0.1) is 17.4 Å². The summed E-state index contributed by atoms with van der Waals surface area (Å²) in [6.45, 7) is 2.68. The molecule has 0 saturated carbocycles. The van der Waals surface area contributed by atoms with Gasteiger partial charge in [0, 0.05) is 0 Å². The lowest BCUT2D eigenvalue weighted by Gasteiger charge is -2.04. The number of ether oxygens (including phenoxy) is 1. The van der Waals surface area contributed by atoms with Gasteiger partial charge in [0.1, 0.15) is 11.8 Å². The monoisotopic (exact) mass is 160 g/mol. The smallest absolute Gasteiger partial charge is 0.137 e. The van der Waals surface area contributed by atoms with Crippen molar-refractivity contribution in [2.24, 2.45) is 0 Å². The Balaban J connectivity index is 2.77. The van der Waals surface area contributed by atoms with Crippen LogP contribution < -0.4 is 4.74 Å². The van der Waals surface area contributed by atoms with Crippen molar-refractivity contribution in [1.82, 2.24) is 0 Å². The summed E-state index contributed by atoms with van der Waals surface area (Å²) >= 11 is 0. The molecule has 2 heteroatoms. The highest BCUT2D eigenvalue weighted by Gasteiger charge is 1.99.